The molecule has 0 fully saturated rings. The van der Waals surface area contributed by atoms with E-state index in [2.05, 4.69) is 13.0 Å². The molecule has 0 heterocycles. The summed E-state index contributed by atoms with van der Waals surface area (Å²) in [4.78, 5) is 11.0. The van der Waals surface area contributed by atoms with E-state index in [4.69, 9.17) is 5.73 Å². The second-order valence-corrected chi connectivity index (χ2v) is 3.06. The summed E-state index contributed by atoms with van der Waals surface area (Å²) in [7, 11) is 0. The number of benzene rings is 1. The number of nitrogens with two attached hydrogens (primary N) is 1. The smallest absolute Gasteiger partial charge is 0.248 e. The third-order valence-corrected chi connectivity index (χ3v) is 2.22. The summed E-state index contributed by atoms with van der Waals surface area (Å²) in [5, 5.41) is 0. The predicted molar refractivity (Wildman–Crippen MR) is 53.7 cm³/mol. The van der Waals surface area contributed by atoms with Crippen LogP contribution in [0.25, 0.3) is 0 Å². The van der Waals surface area contributed by atoms with Crippen molar-refractivity contribution in [2.45, 2.75) is 26.7 Å². The molecule has 1 amide bonds. The van der Waals surface area contributed by atoms with E-state index >= 15 is 0 Å². The van der Waals surface area contributed by atoms with Crippen LogP contribution >= 0.6 is 0 Å². The first-order chi connectivity index (χ1) is 6.19. The van der Waals surface area contributed by atoms with Gasteiger partial charge in [-0.25, -0.2) is 0 Å². The molecule has 2 heteroatoms. The lowest BCUT2D eigenvalue weighted by Gasteiger charge is -2.05. The molecule has 0 saturated heterocycles. The average Bonchev–Trinajstić information content (AvgIpc) is 2.16. The molecule has 0 bridgehead atoms. The van der Waals surface area contributed by atoms with Crippen LogP contribution in [0, 0.1) is 0 Å². The molecule has 2 N–H and O–H groups in total. The van der Waals surface area contributed by atoms with Crippen LogP contribution < -0.4 is 5.73 Å². The Morgan fingerprint density at radius 1 is 1.31 bits per heavy atom. The molecule has 0 aliphatic rings. The SMILES string of the molecule is CCc1ccc(C(N)=O)c(CC)c1. The van der Waals surface area contributed by atoms with Crippen molar-refractivity contribution < 1.29 is 4.79 Å². The maximum Gasteiger partial charge on any atom is 0.248 e. The van der Waals surface area contributed by atoms with Crippen molar-refractivity contribution >= 4 is 5.91 Å². The Hall–Kier alpha value is -1.31. The number of hydrogen-bond acceptors (Lipinski definition) is 1. The normalized spacial score (nSPS) is 10.0. The van der Waals surface area contributed by atoms with Crippen molar-refractivity contribution in [2.75, 3.05) is 0 Å². The van der Waals surface area contributed by atoms with Crippen molar-refractivity contribution in [1.82, 2.24) is 0 Å². The van der Waals surface area contributed by atoms with E-state index in [0.717, 1.165) is 18.4 Å². The summed E-state index contributed by atoms with van der Waals surface area (Å²) in [6.45, 7) is 4.12. The summed E-state index contributed by atoms with van der Waals surface area (Å²) in [6, 6.07) is 5.83. The average molecular weight is 177 g/mol. The van der Waals surface area contributed by atoms with Crippen molar-refractivity contribution in [3.8, 4) is 0 Å². The Morgan fingerprint density at radius 3 is 2.46 bits per heavy atom. The zero-order valence-corrected chi connectivity index (χ0v) is 8.13. The molecule has 1 rings (SSSR count). The summed E-state index contributed by atoms with van der Waals surface area (Å²) in [5.41, 5.74) is 8.19. The fourth-order valence-electron chi connectivity index (χ4n) is 1.40. The molecule has 0 atom stereocenters. The van der Waals surface area contributed by atoms with Gasteiger partial charge >= 0.3 is 0 Å². The zero-order valence-electron chi connectivity index (χ0n) is 8.13. The Morgan fingerprint density at radius 2 is 2.00 bits per heavy atom. The number of rotatable bonds is 3. The van der Waals surface area contributed by atoms with Crippen LogP contribution in [0.1, 0.15) is 35.3 Å². The molecule has 1 aromatic carbocycles. The Balaban J connectivity index is 3.15. The molecule has 0 spiro atoms. The number of carbonyl (C=O) groups excluding carboxylic acids is 1. The molecule has 0 radical (unpaired) electrons. The Bertz CT molecular complexity index is 318. The molecule has 0 aromatic heterocycles. The quantitative estimate of drug-likeness (QED) is 0.753. The number of aryl methyl sites for hydroxylation is 2. The van der Waals surface area contributed by atoms with Crippen molar-refractivity contribution in [2.24, 2.45) is 5.73 Å². The van der Waals surface area contributed by atoms with E-state index in [1.807, 2.05) is 19.1 Å². The first-order valence-electron chi connectivity index (χ1n) is 4.60. The minimum absolute atomic E-state index is 0.334. The molecular weight excluding hydrogens is 162 g/mol. The number of hydrogen-bond donors (Lipinski definition) is 1. The van der Waals surface area contributed by atoms with Gasteiger partial charge in [0.1, 0.15) is 0 Å². The monoisotopic (exact) mass is 177 g/mol. The van der Waals surface area contributed by atoms with Crippen LogP contribution in [0.3, 0.4) is 0 Å². The molecule has 0 unspecified atom stereocenters. The lowest BCUT2D eigenvalue weighted by molar-refractivity contribution is 0.0999. The topological polar surface area (TPSA) is 43.1 Å². The molecule has 70 valence electrons. The van der Waals surface area contributed by atoms with Gasteiger partial charge in [-0.1, -0.05) is 26.0 Å². The lowest BCUT2D eigenvalue weighted by atomic mass is 10.0. The molecule has 13 heavy (non-hydrogen) atoms. The van der Waals surface area contributed by atoms with E-state index < -0.39 is 0 Å². The maximum absolute atomic E-state index is 11.0. The predicted octanol–water partition coefficient (Wildman–Crippen LogP) is 1.91. The van der Waals surface area contributed by atoms with E-state index in [1.54, 1.807) is 0 Å². The van der Waals surface area contributed by atoms with Gasteiger partial charge in [0.2, 0.25) is 5.91 Å². The van der Waals surface area contributed by atoms with Gasteiger partial charge in [-0.05, 0) is 30.0 Å². The number of amides is 1. The van der Waals surface area contributed by atoms with Crippen LogP contribution in [0.15, 0.2) is 18.2 Å². The van der Waals surface area contributed by atoms with Gasteiger partial charge in [0.15, 0.2) is 0 Å². The highest BCUT2D eigenvalue weighted by molar-refractivity contribution is 5.94. The van der Waals surface area contributed by atoms with Gasteiger partial charge in [0.05, 0.1) is 0 Å². The largest absolute Gasteiger partial charge is 0.366 e. The second kappa shape index (κ2) is 4.08. The van der Waals surface area contributed by atoms with Crippen LogP contribution in [0.4, 0.5) is 0 Å². The van der Waals surface area contributed by atoms with Crippen molar-refractivity contribution in [3.63, 3.8) is 0 Å². The Labute approximate surface area is 78.8 Å². The second-order valence-electron chi connectivity index (χ2n) is 3.06. The highest BCUT2D eigenvalue weighted by Crippen LogP contribution is 2.12. The van der Waals surface area contributed by atoms with Gasteiger partial charge in [-0.3, -0.25) is 4.79 Å². The number of carbonyl (C=O) groups is 1. The van der Waals surface area contributed by atoms with Gasteiger partial charge in [0, 0.05) is 5.56 Å². The van der Waals surface area contributed by atoms with Gasteiger partial charge in [0.25, 0.3) is 0 Å². The van der Waals surface area contributed by atoms with Crippen LogP contribution in [-0.2, 0) is 12.8 Å². The minimum atomic E-state index is -0.334. The summed E-state index contributed by atoms with van der Waals surface area (Å²) < 4.78 is 0. The van der Waals surface area contributed by atoms with Crippen LogP contribution in [0.5, 0.6) is 0 Å². The molecular formula is C11H15NO. The maximum atomic E-state index is 11.0. The molecule has 0 aliphatic heterocycles. The first kappa shape index (κ1) is 9.78. The summed E-state index contributed by atoms with van der Waals surface area (Å²) >= 11 is 0. The van der Waals surface area contributed by atoms with Gasteiger partial charge in [-0.15, -0.1) is 0 Å². The van der Waals surface area contributed by atoms with Gasteiger partial charge < -0.3 is 5.73 Å². The fourth-order valence-corrected chi connectivity index (χ4v) is 1.40. The van der Waals surface area contributed by atoms with Crippen molar-refractivity contribution in [3.05, 3.63) is 34.9 Å². The Kier molecular flexibility index (Phi) is 3.07. The number of primary amides is 1. The van der Waals surface area contributed by atoms with E-state index in [-0.39, 0.29) is 5.91 Å². The van der Waals surface area contributed by atoms with Crippen molar-refractivity contribution in [1.29, 1.82) is 0 Å². The first-order valence-corrected chi connectivity index (χ1v) is 4.60. The minimum Gasteiger partial charge on any atom is -0.366 e. The third-order valence-electron chi connectivity index (χ3n) is 2.22. The lowest BCUT2D eigenvalue weighted by Crippen LogP contribution is -2.13. The summed E-state index contributed by atoms with van der Waals surface area (Å²) in [6.07, 6.45) is 1.85. The third kappa shape index (κ3) is 2.08. The summed E-state index contributed by atoms with van der Waals surface area (Å²) in [5.74, 6) is -0.334. The molecule has 0 aliphatic carbocycles. The van der Waals surface area contributed by atoms with E-state index in [1.165, 1.54) is 5.56 Å². The highest BCUT2D eigenvalue weighted by atomic mass is 16.1. The van der Waals surface area contributed by atoms with Crippen LogP contribution in [0.2, 0.25) is 0 Å². The highest BCUT2D eigenvalue weighted by Gasteiger charge is 2.06. The fraction of sp³-hybridized carbons (Fsp3) is 0.364. The zero-order chi connectivity index (χ0) is 9.84. The standard InChI is InChI=1S/C11H15NO/c1-3-8-5-6-10(11(12)13)9(4-2)7-8/h5-7H,3-4H2,1-2H3,(H2,12,13). The van der Waals surface area contributed by atoms with E-state index in [9.17, 15) is 4.79 Å². The van der Waals surface area contributed by atoms with Crippen LogP contribution in [-0.4, -0.2) is 5.91 Å². The van der Waals surface area contributed by atoms with Gasteiger partial charge in [-0.2, -0.15) is 0 Å². The molecule has 2 nitrogen and oxygen atoms in total. The molecule has 0 saturated carbocycles. The molecule has 1 aromatic rings. The van der Waals surface area contributed by atoms with E-state index in [0.29, 0.717) is 5.56 Å².